The number of carbonyl (C=O) groups excluding carboxylic acids is 2. The lowest BCUT2D eigenvalue weighted by molar-refractivity contribution is -0.135. The van der Waals surface area contributed by atoms with Crippen molar-refractivity contribution >= 4 is 11.7 Å². The minimum absolute atomic E-state index is 0.00360. The second-order valence-electron chi connectivity index (χ2n) is 8.69. The lowest BCUT2D eigenvalue weighted by Gasteiger charge is -2.44. The molecule has 0 unspecified atom stereocenters. The molecule has 33 heavy (non-hydrogen) atoms. The van der Waals surface area contributed by atoms with E-state index in [1.54, 1.807) is 19.2 Å². The molecule has 0 bridgehead atoms. The number of hydrogen-bond acceptors (Lipinski definition) is 6. The monoisotopic (exact) mass is 453 g/mol. The van der Waals surface area contributed by atoms with E-state index in [1.165, 1.54) is 7.11 Å². The van der Waals surface area contributed by atoms with Crippen LogP contribution in [0.2, 0.25) is 0 Å². The van der Waals surface area contributed by atoms with E-state index in [2.05, 4.69) is 0 Å². The van der Waals surface area contributed by atoms with Crippen molar-refractivity contribution in [1.82, 2.24) is 4.90 Å². The van der Waals surface area contributed by atoms with Gasteiger partial charge in [-0.25, -0.2) is 0 Å². The predicted molar refractivity (Wildman–Crippen MR) is 124 cm³/mol. The van der Waals surface area contributed by atoms with E-state index in [9.17, 15) is 9.59 Å². The highest BCUT2D eigenvalue weighted by Gasteiger charge is 2.44. The number of methoxy groups -OCH3 is 2. The van der Waals surface area contributed by atoms with Crippen LogP contribution < -0.4 is 18.9 Å². The zero-order valence-corrected chi connectivity index (χ0v) is 19.5. The summed E-state index contributed by atoms with van der Waals surface area (Å²) < 4.78 is 22.9. The molecule has 1 saturated heterocycles. The number of ketones is 1. The van der Waals surface area contributed by atoms with E-state index in [1.807, 2.05) is 36.1 Å². The van der Waals surface area contributed by atoms with Gasteiger partial charge < -0.3 is 23.8 Å². The second-order valence-corrected chi connectivity index (χ2v) is 8.69. The van der Waals surface area contributed by atoms with E-state index in [-0.39, 0.29) is 18.1 Å². The average Bonchev–Trinajstić information content (AvgIpc) is 2.82. The number of amides is 1. The van der Waals surface area contributed by atoms with Gasteiger partial charge in [0.05, 0.1) is 27.2 Å². The number of hydrogen-bond donors (Lipinski definition) is 0. The Morgan fingerprint density at radius 3 is 2.55 bits per heavy atom. The van der Waals surface area contributed by atoms with Crippen molar-refractivity contribution in [2.45, 2.75) is 44.6 Å². The van der Waals surface area contributed by atoms with Crippen LogP contribution in [0.4, 0.5) is 0 Å². The molecular formula is C26H31NO6. The summed E-state index contributed by atoms with van der Waals surface area (Å²) in [5.74, 6) is 2.52. The Balaban J connectivity index is 1.31. The van der Waals surface area contributed by atoms with E-state index in [0.29, 0.717) is 68.2 Å². The normalized spacial score (nSPS) is 16.7. The van der Waals surface area contributed by atoms with Crippen molar-refractivity contribution in [2.75, 3.05) is 33.9 Å². The van der Waals surface area contributed by atoms with Crippen LogP contribution in [0, 0.1) is 6.92 Å². The maximum Gasteiger partial charge on any atom is 0.222 e. The Morgan fingerprint density at radius 2 is 1.85 bits per heavy atom. The number of piperidine rings is 1. The van der Waals surface area contributed by atoms with Crippen LogP contribution in [0.15, 0.2) is 36.4 Å². The predicted octanol–water partition coefficient (Wildman–Crippen LogP) is 4.20. The Kier molecular flexibility index (Phi) is 6.77. The summed E-state index contributed by atoms with van der Waals surface area (Å²) in [5.41, 5.74) is 0.965. The Labute approximate surface area is 194 Å². The topological polar surface area (TPSA) is 74.3 Å². The third kappa shape index (κ3) is 4.92. The van der Waals surface area contributed by atoms with E-state index < -0.39 is 5.60 Å². The molecule has 2 aliphatic rings. The molecule has 0 aliphatic carbocycles. The molecule has 176 valence electrons. The Morgan fingerprint density at radius 1 is 1.09 bits per heavy atom. The first-order valence-electron chi connectivity index (χ1n) is 11.4. The van der Waals surface area contributed by atoms with Crippen LogP contribution in [0.1, 0.15) is 48.0 Å². The Hall–Kier alpha value is -3.22. The molecule has 2 aromatic carbocycles. The van der Waals surface area contributed by atoms with Crippen molar-refractivity contribution in [1.29, 1.82) is 0 Å². The van der Waals surface area contributed by atoms with Gasteiger partial charge >= 0.3 is 0 Å². The molecular weight excluding hydrogens is 422 g/mol. The summed E-state index contributed by atoms with van der Waals surface area (Å²) in [5, 5.41) is 0. The Bertz CT molecular complexity index is 1030. The van der Waals surface area contributed by atoms with Crippen molar-refractivity contribution < 1.29 is 28.5 Å². The third-order valence-electron chi connectivity index (χ3n) is 6.50. The van der Waals surface area contributed by atoms with Crippen molar-refractivity contribution in [3.8, 4) is 23.0 Å². The molecule has 0 radical (unpaired) electrons. The number of para-hydroxylation sites is 1. The van der Waals surface area contributed by atoms with Gasteiger partial charge in [0.1, 0.15) is 34.2 Å². The number of Topliss-reactive ketones (excluding diaryl/α,β-unsaturated/α-hetero) is 1. The van der Waals surface area contributed by atoms with Crippen LogP contribution in [-0.2, 0) is 4.79 Å². The highest BCUT2D eigenvalue weighted by Crippen LogP contribution is 2.44. The summed E-state index contributed by atoms with van der Waals surface area (Å²) in [6.07, 6.45) is 2.62. The maximum atomic E-state index is 13.0. The van der Waals surface area contributed by atoms with Crippen LogP contribution in [0.25, 0.3) is 0 Å². The van der Waals surface area contributed by atoms with Crippen LogP contribution in [0.3, 0.4) is 0 Å². The van der Waals surface area contributed by atoms with Gasteiger partial charge in [0.15, 0.2) is 5.78 Å². The zero-order chi connectivity index (χ0) is 23.4. The minimum Gasteiger partial charge on any atom is -0.496 e. The first-order chi connectivity index (χ1) is 15.9. The molecule has 7 heteroatoms. The fraction of sp³-hybridized carbons (Fsp3) is 0.462. The quantitative estimate of drug-likeness (QED) is 0.585. The van der Waals surface area contributed by atoms with Crippen LogP contribution in [0.5, 0.6) is 23.0 Å². The minimum atomic E-state index is -0.591. The number of carbonyl (C=O) groups is 2. The average molecular weight is 454 g/mol. The first kappa shape index (κ1) is 23.0. The summed E-state index contributed by atoms with van der Waals surface area (Å²) in [6.45, 7) is 3.65. The highest BCUT2D eigenvalue weighted by molar-refractivity contribution is 6.03. The van der Waals surface area contributed by atoms with Crippen LogP contribution >= 0.6 is 0 Å². The van der Waals surface area contributed by atoms with E-state index in [0.717, 1.165) is 11.3 Å². The van der Waals surface area contributed by atoms with Gasteiger partial charge in [-0.3, -0.25) is 9.59 Å². The number of aryl methyl sites for hydroxylation is 1. The van der Waals surface area contributed by atoms with Gasteiger partial charge in [-0.2, -0.15) is 0 Å². The smallest absolute Gasteiger partial charge is 0.222 e. The molecule has 2 aromatic rings. The summed E-state index contributed by atoms with van der Waals surface area (Å²) in [4.78, 5) is 27.6. The SMILES string of the molecule is COc1cc(OC)c2c(c1)OC1(CCN(C(=O)CCCOc3ccccc3C)CC1)CC2=O. The van der Waals surface area contributed by atoms with Gasteiger partial charge in [-0.1, -0.05) is 18.2 Å². The number of benzene rings is 2. The molecule has 1 fully saturated rings. The van der Waals surface area contributed by atoms with Crippen molar-refractivity contribution in [3.63, 3.8) is 0 Å². The number of likely N-dealkylation sites (tertiary alicyclic amines) is 1. The molecule has 0 aromatic heterocycles. The molecule has 0 N–H and O–H groups in total. The summed E-state index contributed by atoms with van der Waals surface area (Å²) in [6, 6.07) is 11.3. The standard InChI is InChI=1S/C26H31NO6/c1-18-7-4-5-8-21(18)32-14-6-9-24(29)27-12-10-26(11-13-27)17-20(28)25-22(31-3)15-19(30-2)16-23(25)33-26/h4-5,7-8,15-16H,6,9-14,17H2,1-3H3. The number of ether oxygens (including phenoxy) is 4. The van der Waals surface area contributed by atoms with Gasteiger partial charge in [0.25, 0.3) is 0 Å². The largest absolute Gasteiger partial charge is 0.496 e. The molecule has 0 atom stereocenters. The second kappa shape index (κ2) is 9.73. The fourth-order valence-electron chi connectivity index (χ4n) is 4.57. The van der Waals surface area contributed by atoms with Crippen molar-refractivity contribution in [3.05, 3.63) is 47.5 Å². The first-order valence-corrected chi connectivity index (χ1v) is 11.4. The number of rotatable bonds is 7. The van der Waals surface area contributed by atoms with E-state index >= 15 is 0 Å². The molecule has 2 aliphatic heterocycles. The van der Waals surface area contributed by atoms with E-state index in [4.69, 9.17) is 18.9 Å². The van der Waals surface area contributed by atoms with Gasteiger partial charge in [0, 0.05) is 44.5 Å². The van der Waals surface area contributed by atoms with Crippen LogP contribution in [-0.4, -0.2) is 56.1 Å². The molecule has 7 nitrogen and oxygen atoms in total. The highest BCUT2D eigenvalue weighted by atomic mass is 16.5. The number of fused-ring (bicyclic) bond motifs is 1. The van der Waals surface area contributed by atoms with Crippen molar-refractivity contribution in [2.24, 2.45) is 0 Å². The van der Waals surface area contributed by atoms with Gasteiger partial charge in [-0.05, 0) is 25.0 Å². The molecule has 0 saturated carbocycles. The van der Waals surface area contributed by atoms with Gasteiger partial charge in [-0.15, -0.1) is 0 Å². The third-order valence-corrected chi connectivity index (χ3v) is 6.50. The summed E-state index contributed by atoms with van der Waals surface area (Å²) in [7, 11) is 3.10. The summed E-state index contributed by atoms with van der Waals surface area (Å²) >= 11 is 0. The lowest BCUT2D eigenvalue weighted by Crippen LogP contribution is -2.52. The fourth-order valence-corrected chi connectivity index (χ4v) is 4.57. The molecule has 1 spiro atoms. The zero-order valence-electron chi connectivity index (χ0n) is 19.5. The number of nitrogens with zero attached hydrogens (tertiary/aromatic N) is 1. The molecule has 2 heterocycles. The molecule has 4 rings (SSSR count). The molecule has 1 amide bonds. The maximum absolute atomic E-state index is 13.0. The van der Waals surface area contributed by atoms with Gasteiger partial charge in [0.2, 0.25) is 5.91 Å². The lowest BCUT2D eigenvalue weighted by atomic mass is 9.82.